The summed E-state index contributed by atoms with van der Waals surface area (Å²) in [6, 6.07) is 23.2. The van der Waals surface area contributed by atoms with Crippen molar-refractivity contribution in [2.45, 2.75) is 45.6 Å². The molecule has 1 atom stereocenters. The standard InChI is InChI=1S/C29H29N3O3/c1-19-12-14-21(15-13-19)20(2)30-29(35)23-16-17-24-26(18-23)31-25(10-6-7-11-27(33)34)28(32-24)22-8-4-3-5-9-22/h3-5,8-9,12-18,20H,6-7,10-11H2,1-2H3,(H,30,35)(H,33,34)/t20-/m1/s1. The lowest BCUT2D eigenvalue weighted by Crippen LogP contribution is -2.26. The lowest BCUT2D eigenvalue weighted by atomic mass is 10.0. The lowest BCUT2D eigenvalue weighted by molar-refractivity contribution is -0.137. The smallest absolute Gasteiger partial charge is 0.303 e. The number of carboxylic acid groups (broad SMARTS) is 1. The third-order valence-electron chi connectivity index (χ3n) is 6.03. The van der Waals surface area contributed by atoms with E-state index in [1.165, 1.54) is 5.56 Å². The number of hydrogen-bond acceptors (Lipinski definition) is 4. The van der Waals surface area contributed by atoms with E-state index in [1.807, 2.05) is 74.5 Å². The SMILES string of the molecule is Cc1ccc([C@@H](C)NC(=O)c2ccc3nc(-c4ccccc4)c(CCCCC(=O)O)nc3c2)cc1. The first kappa shape index (κ1) is 24.1. The highest BCUT2D eigenvalue weighted by Gasteiger charge is 2.15. The molecule has 4 rings (SSSR count). The van der Waals surface area contributed by atoms with Crippen molar-refractivity contribution in [3.63, 3.8) is 0 Å². The summed E-state index contributed by atoms with van der Waals surface area (Å²) in [7, 11) is 0. The van der Waals surface area contributed by atoms with E-state index in [9.17, 15) is 9.59 Å². The van der Waals surface area contributed by atoms with Crippen LogP contribution in [0.25, 0.3) is 22.3 Å². The van der Waals surface area contributed by atoms with E-state index in [2.05, 4.69) is 5.32 Å². The molecule has 4 aromatic rings. The summed E-state index contributed by atoms with van der Waals surface area (Å²) in [4.78, 5) is 33.6. The van der Waals surface area contributed by atoms with E-state index >= 15 is 0 Å². The number of aryl methyl sites for hydroxylation is 2. The largest absolute Gasteiger partial charge is 0.481 e. The normalized spacial score (nSPS) is 11.8. The maximum Gasteiger partial charge on any atom is 0.303 e. The molecule has 1 aromatic heterocycles. The molecule has 178 valence electrons. The number of aromatic nitrogens is 2. The van der Waals surface area contributed by atoms with Gasteiger partial charge in [0, 0.05) is 17.5 Å². The lowest BCUT2D eigenvalue weighted by Gasteiger charge is -2.15. The van der Waals surface area contributed by atoms with Crippen LogP contribution in [0.3, 0.4) is 0 Å². The Hall–Kier alpha value is -4.06. The fraction of sp³-hybridized carbons (Fsp3) is 0.241. The molecule has 35 heavy (non-hydrogen) atoms. The molecule has 0 saturated carbocycles. The molecule has 0 unspecified atom stereocenters. The van der Waals surface area contributed by atoms with Crippen molar-refractivity contribution < 1.29 is 14.7 Å². The number of nitrogens with one attached hydrogen (secondary N) is 1. The Kier molecular flexibility index (Phi) is 7.51. The molecule has 2 N–H and O–H groups in total. The average Bonchev–Trinajstić information content (AvgIpc) is 2.86. The van der Waals surface area contributed by atoms with Crippen LogP contribution < -0.4 is 5.32 Å². The van der Waals surface area contributed by atoms with Crippen LogP contribution in [0.15, 0.2) is 72.8 Å². The van der Waals surface area contributed by atoms with Gasteiger partial charge in [-0.1, -0.05) is 60.2 Å². The first-order valence-corrected chi connectivity index (χ1v) is 11.9. The van der Waals surface area contributed by atoms with Gasteiger partial charge in [-0.3, -0.25) is 9.59 Å². The Bertz CT molecular complexity index is 1330. The first-order chi connectivity index (χ1) is 16.9. The van der Waals surface area contributed by atoms with Crippen molar-refractivity contribution in [3.05, 3.63) is 95.2 Å². The van der Waals surface area contributed by atoms with Crippen molar-refractivity contribution >= 4 is 22.9 Å². The molecular weight excluding hydrogens is 438 g/mol. The van der Waals surface area contributed by atoms with E-state index < -0.39 is 5.97 Å². The summed E-state index contributed by atoms with van der Waals surface area (Å²) >= 11 is 0. The zero-order chi connectivity index (χ0) is 24.8. The summed E-state index contributed by atoms with van der Waals surface area (Å²) in [6.45, 7) is 4.00. The van der Waals surface area contributed by atoms with Gasteiger partial charge in [-0.05, 0) is 56.9 Å². The van der Waals surface area contributed by atoms with Crippen molar-refractivity contribution in [1.29, 1.82) is 0 Å². The minimum Gasteiger partial charge on any atom is -0.481 e. The van der Waals surface area contributed by atoms with Crippen LogP contribution in [0, 0.1) is 6.92 Å². The molecule has 6 heteroatoms. The van der Waals surface area contributed by atoms with Gasteiger partial charge in [0.1, 0.15) is 0 Å². The van der Waals surface area contributed by atoms with Crippen LogP contribution in [-0.4, -0.2) is 27.0 Å². The topological polar surface area (TPSA) is 92.2 Å². The van der Waals surface area contributed by atoms with Crippen LogP contribution in [0.1, 0.15) is 59.4 Å². The number of nitrogens with zero attached hydrogens (tertiary/aromatic N) is 2. The number of carboxylic acids is 1. The molecule has 0 aliphatic heterocycles. The van der Waals surface area contributed by atoms with Crippen LogP contribution in [-0.2, 0) is 11.2 Å². The number of hydrogen-bond donors (Lipinski definition) is 2. The second kappa shape index (κ2) is 10.9. The summed E-state index contributed by atoms with van der Waals surface area (Å²) in [6.07, 6.45) is 2.01. The molecule has 0 saturated heterocycles. The average molecular weight is 468 g/mol. The zero-order valence-corrected chi connectivity index (χ0v) is 20.0. The minimum atomic E-state index is -0.798. The Morgan fingerprint density at radius 3 is 2.37 bits per heavy atom. The fourth-order valence-electron chi connectivity index (χ4n) is 4.02. The third kappa shape index (κ3) is 6.09. The highest BCUT2D eigenvalue weighted by atomic mass is 16.4. The minimum absolute atomic E-state index is 0.130. The van der Waals surface area contributed by atoms with Crippen molar-refractivity contribution in [1.82, 2.24) is 15.3 Å². The second-order valence-electron chi connectivity index (χ2n) is 8.80. The van der Waals surface area contributed by atoms with E-state index in [4.69, 9.17) is 15.1 Å². The van der Waals surface area contributed by atoms with Crippen molar-refractivity contribution in [2.75, 3.05) is 0 Å². The Balaban J connectivity index is 1.61. The number of aliphatic carboxylic acids is 1. The quantitative estimate of drug-likeness (QED) is 0.299. The molecule has 0 aliphatic rings. The van der Waals surface area contributed by atoms with Crippen LogP contribution in [0.4, 0.5) is 0 Å². The second-order valence-corrected chi connectivity index (χ2v) is 8.80. The molecule has 0 aliphatic carbocycles. The molecule has 1 heterocycles. The van der Waals surface area contributed by atoms with E-state index in [-0.39, 0.29) is 18.4 Å². The number of amides is 1. The highest BCUT2D eigenvalue weighted by molar-refractivity contribution is 5.97. The van der Waals surface area contributed by atoms with Gasteiger partial charge in [-0.2, -0.15) is 0 Å². The number of fused-ring (bicyclic) bond motifs is 1. The van der Waals surface area contributed by atoms with Gasteiger partial charge in [-0.25, -0.2) is 9.97 Å². The zero-order valence-electron chi connectivity index (χ0n) is 20.0. The maximum atomic E-state index is 13.0. The molecule has 6 nitrogen and oxygen atoms in total. The Morgan fingerprint density at radius 2 is 1.66 bits per heavy atom. The summed E-state index contributed by atoms with van der Waals surface area (Å²) in [5, 5.41) is 12.0. The Labute approximate surface area is 205 Å². The van der Waals surface area contributed by atoms with Gasteiger partial charge in [0.05, 0.1) is 28.5 Å². The third-order valence-corrected chi connectivity index (χ3v) is 6.03. The predicted octanol–water partition coefficient (Wildman–Crippen LogP) is 5.89. The van der Waals surface area contributed by atoms with Gasteiger partial charge < -0.3 is 10.4 Å². The molecule has 1 amide bonds. The summed E-state index contributed by atoms with van der Waals surface area (Å²) < 4.78 is 0. The number of benzene rings is 3. The molecule has 0 spiro atoms. The van der Waals surface area contributed by atoms with Crippen molar-refractivity contribution in [2.24, 2.45) is 0 Å². The molecule has 0 bridgehead atoms. The highest BCUT2D eigenvalue weighted by Crippen LogP contribution is 2.25. The molecule has 0 radical (unpaired) electrons. The van der Waals surface area contributed by atoms with Gasteiger partial charge in [0.25, 0.3) is 5.91 Å². The van der Waals surface area contributed by atoms with Gasteiger partial charge in [-0.15, -0.1) is 0 Å². The molecular formula is C29H29N3O3. The summed E-state index contributed by atoms with van der Waals surface area (Å²) in [5.74, 6) is -0.967. The van der Waals surface area contributed by atoms with E-state index in [1.54, 1.807) is 12.1 Å². The number of carbonyl (C=O) groups excluding carboxylic acids is 1. The van der Waals surface area contributed by atoms with E-state index in [0.717, 1.165) is 22.5 Å². The van der Waals surface area contributed by atoms with Crippen LogP contribution in [0.2, 0.25) is 0 Å². The summed E-state index contributed by atoms with van der Waals surface area (Å²) in [5.41, 5.74) is 6.65. The van der Waals surface area contributed by atoms with Gasteiger partial charge in [0.2, 0.25) is 0 Å². The number of unbranched alkanes of at least 4 members (excludes halogenated alkanes) is 1. The maximum absolute atomic E-state index is 13.0. The van der Waals surface area contributed by atoms with Gasteiger partial charge >= 0.3 is 5.97 Å². The van der Waals surface area contributed by atoms with Crippen LogP contribution >= 0.6 is 0 Å². The Morgan fingerprint density at radius 1 is 0.914 bits per heavy atom. The molecule has 3 aromatic carbocycles. The fourth-order valence-corrected chi connectivity index (χ4v) is 4.02. The predicted molar refractivity (Wildman–Crippen MR) is 137 cm³/mol. The van der Waals surface area contributed by atoms with E-state index in [0.29, 0.717) is 35.9 Å². The van der Waals surface area contributed by atoms with Crippen LogP contribution in [0.5, 0.6) is 0 Å². The van der Waals surface area contributed by atoms with Crippen molar-refractivity contribution in [3.8, 4) is 11.3 Å². The number of rotatable bonds is 9. The first-order valence-electron chi connectivity index (χ1n) is 11.9. The number of carbonyl (C=O) groups is 2. The monoisotopic (exact) mass is 467 g/mol. The molecule has 0 fully saturated rings. The van der Waals surface area contributed by atoms with Gasteiger partial charge in [0.15, 0.2) is 0 Å².